The molecule has 1 unspecified atom stereocenters. The Labute approximate surface area is 185 Å². The fourth-order valence-electron chi connectivity index (χ4n) is 3.80. The highest BCUT2D eigenvalue weighted by Gasteiger charge is 2.11. The van der Waals surface area contributed by atoms with Gasteiger partial charge in [0.1, 0.15) is 6.61 Å². The number of hydrogen-bond donors (Lipinski definition) is 2. The molecule has 0 saturated heterocycles. The molecule has 6 heteroatoms. The lowest BCUT2D eigenvalue weighted by Gasteiger charge is -2.12. The van der Waals surface area contributed by atoms with E-state index in [1.807, 2.05) is 12.3 Å². The van der Waals surface area contributed by atoms with Crippen molar-refractivity contribution in [2.24, 2.45) is 0 Å². The van der Waals surface area contributed by atoms with E-state index >= 15 is 0 Å². The van der Waals surface area contributed by atoms with Crippen LogP contribution in [0.5, 0.6) is 0 Å². The third-order valence-corrected chi connectivity index (χ3v) is 5.86. The summed E-state index contributed by atoms with van der Waals surface area (Å²) >= 11 is 0. The number of rotatable bonds is 13. The van der Waals surface area contributed by atoms with Gasteiger partial charge in [-0.15, -0.1) is 9.42 Å². The standard InChI is InChI=1S/C25H31N2O3P/c1-2-3-4-5-8-20-10-12-21(13-11-20)23-15-14-22(25-24(23)9-6-17-27-25)19-26-16-7-18-30-31(28)29/h6,9-15,17,26H,2-5,7-8,16,18-19H2,1H3/p+1. The van der Waals surface area contributed by atoms with E-state index in [0.29, 0.717) is 19.5 Å². The molecule has 0 spiro atoms. The third-order valence-electron chi connectivity index (χ3n) is 5.45. The normalized spacial score (nSPS) is 11.7. The summed E-state index contributed by atoms with van der Waals surface area (Å²) in [6, 6.07) is 17.4. The summed E-state index contributed by atoms with van der Waals surface area (Å²) in [5.74, 6) is 0. The van der Waals surface area contributed by atoms with Crippen LogP contribution in [0.4, 0.5) is 0 Å². The Kier molecular flexibility index (Phi) is 9.57. The second-order valence-corrected chi connectivity index (χ2v) is 8.51. The third kappa shape index (κ3) is 7.19. The first-order valence-corrected chi connectivity index (χ1v) is 12.3. The van der Waals surface area contributed by atoms with Crippen molar-refractivity contribution in [3.05, 3.63) is 65.9 Å². The van der Waals surface area contributed by atoms with Crippen LogP contribution in [0, 0.1) is 0 Å². The molecule has 1 aromatic heterocycles. The molecule has 1 heterocycles. The van der Waals surface area contributed by atoms with Gasteiger partial charge in [0, 0.05) is 22.7 Å². The van der Waals surface area contributed by atoms with Crippen molar-refractivity contribution in [2.45, 2.75) is 52.0 Å². The van der Waals surface area contributed by atoms with Gasteiger partial charge < -0.3 is 5.32 Å². The van der Waals surface area contributed by atoms with E-state index in [-0.39, 0.29) is 6.61 Å². The molecule has 2 aromatic carbocycles. The van der Waals surface area contributed by atoms with E-state index in [4.69, 9.17) is 4.89 Å². The molecule has 1 atom stereocenters. The number of nitrogens with one attached hydrogen (secondary N) is 1. The lowest BCUT2D eigenvalue weighted by Crippen LogP contribution is -2.16. The number of unbranched alkanes of at least 4 members (excludes halogenated alkanes) is 3. The average molecular weight is 440 g/mol. The van der Waals surface area contributed by atoms with Gasteiger partial charge in [0.15, 0.2) is 0 Å². The van der Waals surface area contributed by atoms with Gasteiger partial charge in [-0.05, 0) is 54.1 Å². The number of aromatic nitrogens is 1. The lowest BCUT2D eigenvalue weighted by molar-refractivity contribution is 0.276. The lowest BCUT2D eigenvalue weighted by atomic mass is 9.96. The maximum atomic E-state index is 10.5. The van der Waals surface area contributed by atoms with E-state index in [0.717, 1.165) is 22.9 Å². The van der Waals surface area contributed by atoms with Crippen LogP contribution in [0.2, 0.25) is 0 Å². The first-order chi connectivity index (χ1) is 15.2. The Balaban J connectivity index is 1.67. The quantitative estimate of drug-likeness (QED) is 0.246. The number of fused-ring (bicyclic) bond motifs is 1. The molecule has 0 aliphatic carbocycles. The monoisotopic (exact) mass is 439 g/mol. The Hall–Kier alpha value is -2.17. The van der Waals surface area contributed by atoms with Crippen molar-refractivity contribution in [1.29, 1.82) is 0 Å². The minimum atomic E-state index is -2.51. The molecule has 164 valence electrons. The van der Waals surface area contributed by atoms with Crippen molar-refractivity contribution in [1.82, 2.24) is 10.3 Å². The smallest absolute Gasteiger partial charge is 0.313 e. The van der Waals surface area contributed by atoms with Crippen LogP contribution in [0.15, 0.2) is 54.7 Å². The van der Waals surface area contributed by atoms with Crippen LogP contribution in [0.3, 0.4) is 0 Å². The summed E-state index contributed by atoms with van der Waals surface area (Å²) < 4.78 is 15.2. The van der Waals surface area contributed by atoms with Gasteiger partial charge in [-0.3, -0.25) is 4.98 Å². The summed E-state index contributed by atoms with van der Waals surface area (Å²) in [7, 11) is -2.51. The van der Waals surface area contributed by atoms with Gasteiger partial charge in [0.2, 0.25) is 0 Å². The van der Waals surface area contributed by atoms with E-state index in [1.165, 1.54) is 42.4 Å². The van der Waals surface area contributed by atoms with Crippen LogP contribution in [0.25, 0.3) is 22.0 Å². The number of nitrogens with zero attached hydrogens (tertiary/aromatic N) is 1. The van der Waals surface area contributed by atoms with Gasteiger partial charge in [0.25, 0.3) is 0 Å². The van der Waals surface area contributed by atoms with Crippen LogP contribution in [-0.2, 0) is 22.1 Å². The molecule has 3 aromatic rings. The number of pyridine rings is 1. The Morgan fingerprint density at radius 3 is 2.65 bits per heavy atom. The number of benzene rings is 2. The van der Waals surface area contributed by atoms with E-state index < -0.39 is 8.25 Å². The van der Waals surface area contributed by atoms with Crippen molar-refractivity contribution >= 4 is 19.2 Å². The molecule has 0 aliphatic heterocycles. The van der Waals surface area contributed by atoms with E-state index in [2.05, 4.69) is 64.2 Å². The molecule has 2 N–H and O–H groups in total. The van der Waals surface area contributed by atoms with Crippen molar-refractivity contribution < 1.29 is 14.0 Å². The van der Waals surface area contributed by atoms with Gasteiger partial charge in [-0.25, -0.2) is 0 Å². The molecule has 0 aliphatic rings. The zero-order valence-electron chi connectivity index (χ0n) is 18.2. The van der Waals surface area contributed by atoms with Gasteiger partial charge in [-0.1, -0.05) is 68.7 Å². The highest BCUT2D eigenvalue weighted by molar-refractivity contribution is 7.32. The zero-order valence-corrected chi connectivity index (χ0v) is 19.1. The van der Waals surface area contributed by atoms with Crippen molar-refractivity contribution in [2.75, 3.05) is 13.2 Å². The Morgan fingerprint density at radius 2 is 1.87 bits per heavy atom. The summed E-state index contributed by atoms with van der Waals surface area (Å²) in [5, 5.41) is 4.52. The predicted molar refractivity (Wildman–Crippen MR) is 127 cm³/mol. The molecule has 5 nitrogen and oxygen atoms in total. The highest BCUT2D eigenvalue weighted by atomic mass is 31.1. The first-order valence-electron chi connectivity index (χ1n) is 11.1. The summed E-state index contributed by atoms with van der Waals surface area (Å²) in [4.78, 5) is 13.3. The van der Waals surface area contributed by atoms with Crippen molar-refractivity contribution in [3.8, 4) is 11.1 Å². The first kappa shape index (κ1) is 23.5. The van der Waals surface area contributed by atoms with Crippen LogP contribution >= 0.6 is 8.25 Å². The largest absolute Gasteiger partial charge is 0.694 e. The van der Waals surface area contributed by atoms with Crippen LogP contribution in [0.1, 0.15) is 50.2 Å². The minimum absolute atomic E-state index is 0.269. The van der Waals surface area contributed by atoms with Crippen molar-refractivity contribution in [3.63, 3.8) is 0 Å². The minimum Gasteiger partial charge on any atom is -0.313 e. The Morgan fingerprint density at radius 1 is 1.03 bits per heavy atom. The summed E-state index contributed by atoms with van der Waals surface area (Å²) in [6.45, 7) is 3.91. The molecular formula is C25H32N2O3P+. The summed E-state index contributed by atoms with van der Waals surface area (Å²) in [5.41, 5.74) is 5.96. The molecule has 31 heavy (non-hydrogen) atoms. The second-order valence-electron chi connectivity index (χ2n) is 7.78. The molecule has 3 rings (SSSR count). The maximum absolute atomic E-state index is 10.5. The highest BCUT2D eigenvalue weighted by Crippen LogP contribution is 2.30. The van der Waals surface area contributed by atoms with Gasteiger partial charge in [0.05, 0.1) is 5.52 Å². The van der Waals surface area contributed by atoms with Crippen LogP contribution in [-0.4, -0.2) is 23.0 Å². The second kappa shape index (κ2) is 12.6. The molecule has 0 fully saturated rings. The number of hydrogen-bond acceptors (Lipinski definition) is 4. The number of aryl methyl sites for hydroxylation is 1. The van der Waals surface area contributed by atoms with Gasteiger partial charge in [-0.2, -0.15) is 0 Å². The fourth-order valence-corrected chi connectivity index (χ4v) is 4.08. The topological polar surface area (TPSA) is 71.5 Å². The van der Waals surface area contributed by atoms with Crippen LogP contribution < -0.4 is 5.32 Å². The molecule has 0 radical (unpaired) electrons. The molecular weight excluding hydrogens is 407 g/mol. The summed E-state index contributed by atoms with van der Waals surface area (Å²) in [6.07, 6.45) is 8.80. The molecule has 0 saturated carbocycles. The van der Waals surface area contributed by atoms with E-state index in [9.17, 15) is 4.57 Å². The predicted octanol–water partition coefficient (Wildman–Crippen LogP) is 6.17. The average Bonchev–Trinajstić information content (AvgIpc) is 2.79. The van der Waals surface area contributed by atoms with Gasteiger partial charge >= 0.3 is 8.25 Å². The molecule has 0 amide bonds. The SMILES string of the molecule is CCCCCCc1ccc(-c2ccc(CNCCCO[P+](=O)O)c3ncccc23)cc1. The fraction of sp³-hybridized carbons (Fsp3) is 0.400. The maximum Gasteiger partial charge on any atom is 0.694 e. The zero-order chi connectivity index (χ0) is 21.9. The van der Waals surface area contributed by atoms with E-state index in [1.54, 1.807) is 0 Å². The Bertz CT molecular complexity index is 976. The molecule has 0 bridgehead atoms.